The van der Waals surface area contributed by atoms with Crippen molar-refractivity contribution in [2.45, 2.75) is 45.6 Å². The van der Waals surface area contributed by atoms with Crippen molar-refractivity contribution < 1.29 is 9.90 Å². The molecule has 0 spiro atoms. The van der Waals surface area contributed by atoms with Crippen LogP contribution in [-0.2, 0) is 17.8 Å². The first-order valence-electron chi connectivity index (χ1n) is 7.94. The van der Waals surface area contributed by atoms with E-state index in [1.165, 1.54) is 42.1 Å². The lowest BCUT2D eigenvalue weighted by Gasteiger charge is -2.11. The van der Waals surface area contributed by atoms with E-state index in [0.717, 1.165) is 12.5 Å². The number of aromatic nitrogens is 1. The van der Waals surface area contributed by atoms with Crippen molar-refractivity contribution in [2.75, 3.05) is 0 Å². The first-order chi connectivity index (χ1) is 10.1. The molecule has 1 fully saturated rings. The SMILES string of the molecule is CC(Cc1cn(CC2CCCC2)c2ccccc12)C(=O)O. The molecule has 1 atom stereocenters. The van der Waals surface area contributed by atoms with Crippen molar-refractivity contribution in [3.05, 3.63) is 36.0 Å². The molecular formula is C18H23NO2. The summed E-state index contributed by atoms with van der Waals surface area (Å²) in [4.78, 5) is 11.1. The summed E-state index contributed by atoms with van der Waals surface area (Å²) < 4.78 is 2.34. The van der Waals surface area contributed by atoms with E-state index in [1.807, 2.05) is 6.07 Å². The highest BCUT2D eigenvalue weighted by Crippen LogP contribution is 2.30. The molecule has 2 aromatic rings. The molecule has 0 radical (unpaired) electrons. The molecule has 0 saturated heterocycles. The zero-order chi connectivity index (χ0) is 14.8. The summed E-state index contributed by atoms with van der Waals surface area (Å²) in [5.41, 5.74) is 2.41. The molecule has 1 aliphatic carbocycles. The topological polar surface area (TPSA) is 42.2 Å². The Labute approximate surface area is 125 Å². The number of aliphatic carboxylic acids is 1. The van der Waals surface area contributed by atoms with Crippen molar-refractivity contribution in [3.8, 4) is 0 Å². The number of hydrogen-bond acceptors (Lipinski definition) is 1. The average Bonchev–Trinajstić information content (AvgIpc) is 3.09. The third-order valence-corrected chi connectivity index (χ3v) is 4.75. The maximum absolute atomic E-state index is 11.1. The Morgan fingerprint density at radius 3 is 2.76 bits per heavy atom. The predicted molar refractivity (Wildman–Crippen MR) is 84.4 cm³/mol. The van der Waals surface area contributed by atoms with Gasteiger partial charge in [0.1, 0.15) is 0 Å². The van der Waals surface area contributed by atoms with Crippen molar-refractivity contribution in [1.82, 2.24) is 4.57 Å². The number of benzene rings is 1. The average molecular weight is 285 g/mol. The molecule has 1 saturated carbocycles. The van der Waals surface area contributed by atoms with Crippen LogP contribution in [0.5, 0.6) is 0 Å². The first-order valence-corrected chi connectivity index (χ1v) is 7.94. The molecule has 1 unspecified atom stereocenters. The van der Waals surface area contributed by atoms with Gasteiger partial charge in [-0.05, 0) is 36.8 Å². The second kappa shape index (κ2) is 5.92. The van der Waals surface area contributed by atoms with Crippen LogP contribution in [0, 0.1) is 11.8 Å². The van der Waals surface area contributed by atoms with Gasteiger partial charge < -0.3 is 9.67 Å². The summed E-state index contributed by atoms with van der Waals surface area (Å²) >= 11 is 0. The number of carbonyl (C=O) groups is 1. The van der Waals surface area contributed by atoms with E-state index in [9.17, 15) is 4.79 Å². The molecule has 3 nitrogen and oxygen atoms in total. The number of rotatable bonds is 5. The van der Waals surface area contributed by atoms with Crippen molar-refractivity contribution in [3.63, 3.8) is 0 Å². The fourth-order valence-corrected chi connectivity index (χ4v) is 3.52. The van der Waals surface area contributed by atoms with E-state index >= 15 is 0 Å². The lowest BCUT2D eigenvalue weighted by Crippen LogP contribution is -2.12. The van der Waals surface area contributed by atoms with Gasteiger partial charge in [0.25, 0.3) is 0 Å². The Morgan fingerprint density at radius 2 is 2.05 bits per heavy atom. The fourth-order valence-electron chi connectivity index (χ4n) is 3.52. The molecule has 1 heterocycles. The molecule has 0 amide bonds. The second-order valence-corrected chi connectivity index (χ2v) is 6.42. The Balaban J connectivity index is 1.91. The van der Waals surface area contributed by atoms with Crippen LogP contribution in [0.1, 0.15) is 38.2 Å². The minimum atomic E-state index is -0.720. The number of para-hydroxylation sites is 1. The summed E-state index contributed by atoms with van der Waals surface area (Å²) in [7, 11) is 0. The van der Waals surface area contributed by atoms with E-state index in [4.69, 9.17) is 5.11 Å². The highest BCUT2D eigenvalue weighted by Gasteiger charge is 2.19. The van der Waals surface area contributed by atoms with Gasteiger partial charge in [-0.1, -0.05) is 38.0 Å². The van der Waals surface area contributed by atoms with Gasteiger partial charge in [-0.3, -0.25) is 4.79 Å². The Morgan fingerprint density at radius 1 is 1.33 bits per heavy atom. The molecule has 3 heteroatoms. The maximum Gasteiger partial charge on any atom is 0.306 e. The zero-order valence-electron chi connectivity index (χ0n) is 12.6. The highest BCUT2D eigenvalue weighted by molar-refractivity contribution is 5.84. The van der Waals surface area contributed by atoms with Crippen LogP contribution in [0.15, 0.2) is 30.5 Å². The standard InChI is InChI=1S/C18H23NO2/c1-13(18(20)21)10-15-12-19(11-14-6-2-3-7-14)17-9-5-4-8-16(15)17/h4-5,8-9,12-14H,2-3,6-7,10-11H2,1H3,(H,20,21). The Bertz CT molecular complexity index is 638. The molecule has 1 aliphatic rings. The van der Waals surface area contributed by atoms with Gasteiger partial charge in [-0.2, -0.15) is 0 Å². The number of carboxylic acid groups (broad SMARTS) is 1. The predicted octanol–water partition coefficient (Wildman–Crippen LogP) is 4.09. The third kappa shape index (κ3) is 2.97. The minimum Gasteiger partial charge on any atom is -0.481 e. The molecule has 112 valence electrons. The van der Waals surface area contributed by atoms with E-state index in [0.29, 0.717) is 6.42 Å². The van der Waals surface area contributed by atoms with Crippen LogP contribution in [0.2, 0.25) is 0 Å². The van der Waals surface area contributed by atoms with Crippen molar-refractivity contribution in [1.29, 1.82) is 0 Å². The fraction of sp³-hybridized carbons (Fsp3) is 0.500. The molecular weight excluding hydrogens is 262 g/mol. The maximum atomic E-state index is 11.1. The van der Waals surface area contributed by atoms with Gasteiger partial charge in [-0.25, -0.2) is 0 Å². The van der Waals surface area contributed by atoms with Crippen LogP contribution in [0.25, 0.3) is 10.9 Å². The monoisotopic (exact) mass is 285 g/mol. The van der Waals surface area contributed by atoms with E-state index < -0.39 is 5.97 Å². The van der Waals surface area contributed by atoms with Gasteiger partial charge in [0, 0.05) is 23.6 Å². The van der Waals surface area contributed by atoms with Crippen molar-refractivity contribution >= 4 is 16.9 Å². The molecule has 21 heavy (non-hydrogen) atoms. The van der Waals surface area contributed by atoms with Crippen LogP contribution in [0.4, 0.5) is 0 Å². The van der Waals surface area contributed by atoms with E-state index in [2.05, 4.69) is 29.0 Å². The summed E-state index contributed by atoms with van der Waals surface area (Å²) in [5.74, 6) is -0.274. The smallest absolute Gasteiger partial charge is 0.306 e. The van der Waals surface area contributed by atoms with Gasteiger partial charge in [0.05, 0.1) is 5.92 Å². The highest BCUT2D eigenvalue weighted by atomic mass is 16.4. The normalized spacial score (nSPS) is 17.4. The van der Waals surface area contributed by atoms with Gasteiger partial charge in [0.15, 0.2) is 0 Å². The lowest BCUT2D eigenvalue weighted by molar-refractivity contribution is -0.141. The summed E-state index contributed by atoms with van der Waals surface area (Å²) in [5, 5.41) is 10.4. The van der Waals surface area contributed by atoms with E-state index in [-0.39, 0.29) is 5.92 Å². The van der Waals surface area contributed by atoms with Gasteiger partial charge in [0.2, 0.25) is 0 Å². The van der Waals surface area contributed by atoms with Crippen molar-refractivity contribution in [2.24, 2.45) is 11.8 Å². The first kappa shape index (κ1) is 14.2. The van der Waals surface area contributed by atoms with Crippen LogP contribution in [0.3, 0.4) is 0 Å². The zero-order valence-corrected chi connectivity index (χ0v) is 12.6. The molecule has 0 aliphatic heterocycles. The van der Waals surface area contributed by atoms with Gasteiger partial charge in [-0.15, -0.1) is 0 Å². The number of hydrogen-bond donors (Lipinski definition) is 1. The molecule has 3 rings (SSSR count). The van der Waals surface area contributed by atoms with Crippen LogP contribution < -0.4 is 0 Å². The van der Waals surface area contributed by atoms with Crippen LogP contribution >= 0.6 is 0 Å². The third-order valence-electron chi connectivity index (χ3n) is 4.75. The van der Waals surface area contributed by atoms with E-state index in [1.54, 1.807) is 6.92 Å². The summed E-state index contributed by atoms with van der Waals surface area (Å²) in [6.45, 7) is 2.85. The largest absolute Gasteiger partial charge is 0.481 e. The molecule has 1 N–H and O–H groups in total. The molecule has 1 aromatic carbocycles. The van der Waals surface area contributed by atoms with Crippen LogP contribution in [-0.4, -0.2) is 15.6 Å². The number of fused-ring (bicyclic) bond motifs is 1. The quantitative estimate of drug-likeness (QED) is 0.899. The summed E-state index contributed by atoms with van der Waals surface area (Å²) in [6.07, 6.45) is 8.15. The number of nitrogens with zero attached hydrogens (tertiary/aromatic N) is 1. The lowest BCUT2D eigenvalue weighted by atomic mass is 10.0. The summed E-state index contributed by atoms with van der Waals surface area (Å²) in [6, 6.07) is 8.37. The second-order valence-electron chi connectivity index (χ2n) is 6.42. The van der Waals surface area contributed by atoms with Gasteiger partial charge >= 0.3 is 5.97 Å². The Kier molecular flexibility index (Phi) is 4.00. The molecule has 0 bridgehead atoms. The Hall–Kier alpha value is -1.77. The molecule has 1 aromatic heterocycles. The number of carboxylic acids is 1. The minimum absolute atomic E-state index is 0.337.